The van der Waals surface area contributed by atoms with Gasteiger partial charge in [-0.25, -0.2) is 0 Å². The maximum Gasteiger partial charge on any atom is 0.416 e. The lowest BCUT2D eigenvalue weighted by Gasteiger charge is -2.36. The summed E-state index contributed by atoms with van der Waals surface area (Å²) in [6.07, 6.45) is -3.89. The first-order valence-electron chi connectivity index (χ1n) is 7.08. The molecule has 0 saturated carbocycles. The van der Waals surface area contributed by atoms with Crippen LogP contribution in [0.15, 0.2) is 24.3 Å². The summed E-state index contributed by atoms with van der Waals surface area (Å²) in [5.41, 5.74) is -1.73. The second kappa shape index (κ2) is 6.88. The smallest absolute Gasteiger partial charge is 0.317 e. The lowest BCUT2D eigenvalue weighted by atomic mass is 9.72. The van der Waals surface area contributed by atoms with Gasteiger partial charge in [0.25, 0.3) is 0 Å². The zero-order valence-corrected chi connectivity index (χ0v) is 12.9. The summed E-state index contributed by atoms with van der Waals surface area (Å²) in [5.74, 6) is -1.66. The number of imide groups is 1. The van der Waals surface area contributed by atoms with Crippen molar-refractivity contribution >= 4 is 23.4 Å². The van der Waals surface area contributed by atoms with Crippen molar-refractivity contribution in [2.45, 2.75) is 24.4 Å². The molecule has 2 N–H and O–H groups in total. The zero-order valence-electron chi connectivity index (χ0n) is 12.2. The van der Waals surface area contributed by atoms with Crippen LogP contribution in [-0.4, -0.2) is 30.8 Å². The Kier molecular flexibility index (Phi) is 5.31. The summed E-state index contributed by atoms with van der Waals surface area (Å²) in [6, 6.07) is 4.71. The van der Waals surface area contributed by atoms with Crippen molar-refractivity contribution in [2.75, 3.05) is 19.0 Å². The number of piperidine rings is 1. The molecule has 8 heteroatoms. The van der Waals surface area contributed by atoms with Gasteiger partial charge in [-0.15, -0.1) is 11.6 Å². The largest absolute Gasteiger partial charge is 0.416 e. The van der Waals surface area contributed by atoms with E-state index in [-0.39, 0.29) is 11.4 Å². The molecule has 0 spiro atoms. The number of carbonyl (C=O) groups is 2. The summed E-state index contributed by atoms with van der Waals surface area (Å²) in [5, 5.41) is 5.24. The summed E-state index contributed by atoms with van der Waals surface area (Å²) in [7, 11) is 0. The average molecular weight is 349 g/mol. The zero-order chi connectivity index (χ0) is 17.1. The molecule has 0 aromatic heterocycles. The Hall–Kier alpha value is -1.60. The first-order valence-corrected chi connectivity index (χ1v) is 7.62. The number of carbonyl (C=O) groups excluding carboxylic acids is 2. The number of amides is 2. The van der Waals surface area contributed by atoms with Gasteiger partial charge < -0.3 is 5.32 Å². The fourth-order valence-corrected chi connectivity index (χ4v) is 2.84. The minimum atomic E-state index is -4.49. The lowest BCUT2D eigenvalue weighted by Crippen LogP contribution is -2.52. The number of halogens is 4. The molecule has 1 saturated heterocycles. The summed E-state index contributed by atoms with van der Waals surface area (Å²) in [4.78, 5) is 24.0. The fourth-order valence-electron chi connectivity index (χ4n) is 2.77. The molecule has 2 rings (SSSR count). The van der Waals surface area contributed by atoms with E-state index in [1.807, 2.05) is 0 Å². The highest BCUT2D eigenvalue weighted by atomic mass is 35.5. The number of nitrogens with one attached hydrogen (secondary N) is 2. The predicted octanol–water partition coefficient (Wildman–Crippen LogP) is 2.21. The number of hydrogen-bond donors (Lipinski definition) is 2. The Morgan fingerprint density at radius 3 is 2.48 bits per heavy atom. The minimum absolute atomic E-state index is 0.258. The molecule has 4 nitrogen and oxygen atoms in total. The van der Waals surface area contributed by atoms with E-state index in [2.05, 4.69) is 10.6 Å². The highest BCUT2D eigenvalue weighted by molar-refractivity contribution is 6.28. The fraction of sp³-hybridized carbons (Fsp3) is 0.467. The molecule has 1 aromatic carbocycles. The molecule has 0 unspecified atom stereocenters. The van der Waals surface area contributed by atoms with Crippen molar-refractivity contribution in [3.63, 3.8) is 0 Å². The highest BCUT2D eigenvalue weighted by Gasteiger charge is 2.43. The maximum absolute atomic E-state index is 12.9. The normalized spacial score (nSPS) is 17.6. The Balaban J connectivity index is 2.42. The molecule has 0 radical (unpaired) electrons. The van der Waals surface area contributed by atoms with E-state index in [1.54, 1.807) is 0 Å². The summed E-state index contributed by atoms with van der Waals surface area (Å²) < 4.78 is 38.8. The molecular weight excluding hydrogens is 333 g/mol. The van der Waals surface area contributed by atoms with Crippen molar-refractivity contribution in [3.05, 3.63) is 35.4 Å². The van der Waals surface area contributed by atoms with Crippen LogP contribution in [0.5, 0.6) is 0 Å². The molecule has 23 heavy (non-hydrogen) atoms. The monoisotopic (exact) mass is 348 g/mol. The van der Waals surface area contributed by atoms with E-state index >= 15 is 0 Å². The van der Waals surface area contributed by atoms with Crippen LogP contribution >= 0.6 is 11.6 Å². The maximum atomic E-state index is 12.9. The van der Waals surface area contributed by atoms with Crippen molar-refractivity contribution in [1.82, 2.24) is 10.6 Å². The molecule has 0 aliphatic carbocycles. The molecular formula is C15H16ClF3N2O2. The molecule has 126 valence electrons. The Morgan fingerprint density at radius 1 is 1.26 bits per heavy atom. The third-order valence-corrected chi connectivity index (χ3v) is 4.25. The Morgan fingerprint density at radius 2 is 1.91 bits per heavy atom. The predicted molar refractivity (Wildman–Crippen MR) is 79.1 cm³/mol. The Bertz CT molecular complexity index is 599. The molecule has 1 heterocycles. The van der Waals surface area contributed by atoms with E-state index in [1.165, 1.54) is 12.1 Å². The van der Waals surface area contributed by atoms with Gasteiger partial charge in [0.1, 0.15) is 5.88 Å². The van der Waals surface area contributed by atoms with Crippen LogP contribution in [0, 0.1) is 0 Å². The molecule has 0 bridgehead atoms. The van der Waals surface area contributed by atoms with Crippen molar-refractivity contribution in [2.24, 2.45) is 0 Å². The molecule has 2 amide bonds. The summed E-state index contributed by atoms with van der Waals surface area (Å²) >= 11 is 5.39. The SMILES string of the molecule is O=C(CCl)NC(=O)C1(c2cccc(C(F)(F)F)c2)CCNCC1. The minimum Gasteiger partial charge on any atom is -0.317 e. The topological polar surface area (TPSA) is 58.2 Å². The van der Waals surface area contributed by atoms with E-state index in [0.29, 0.717) is 25.9 Å². The van der Waals surface area contributed by atoms with Gasteiger partial charge in [0.2, 0.25) is 11.8 Å². The van der Waals surface area contributed by atoms with E-state index < -0.39 is 29.0 Å². The van der Waals surface area contributed by atoms with Crippen LogP contribution in [0.1, 0.15) is 24.0 Å². The quantitative estimate of drug-likeness (QED) is 0.823. The van der Waals surface area contributed by atoms with Crippen LogP contribution in [0.3, 0.4) is 0 Å². The molecule has 1 fully saturated rings. The second-order valence-corrected chi connectivity index (χ2v) is 5.69. The lowest BCUT2D eigenvalue weighted by molar-refractivity contribution is -0.138. The van der Waals surface area contributed by atoms with Crippen molar-refractivity contribution < 1.29 is 22.8 Å². The van der Waals surface area contributed by atoms with Gasteiger partial charge in [0.15, 0.2) is 0 Å². The van der Waals surface area contributed by atoms with Crippen LogP contribution < -0.4 is 10.6 Å². The van der Waals surface area contributed by atoms with Crippen molar-refractivity contribution in [1.29, 1.82) is 0 Å². The average Bonchev–Trinajstić information content (AvgIpc) is 2.54. The van der Waals surface area contributed by atoms with Gasteiger partial charge in [0, 0.05) is 0 Å². The van der Waals surface area contributed by atoms with Crippen LogP contribution in [-0.2, 0) is 21.2 Å². The van der Waals surface area contributed by atoms with Crippen LogP contribution in [0.2, 0.25) is 0 Å². The van der Waals surface area contributed by atoms with Crippen molar-refractivity contribution in [3.8, 4) is 0 Å². The number of rotatable bonds is 3. The van der Waals surface area contributed by atoms with Gasteiger partial charge in [-0.05, 0) is 37.6 Å². The van der Waals surface area contributed by atoms with Gasteiger partial charge in [-0.2, -0.15) is 13.2 Å². The molecule has 0 atom stereocenters. The number of hydrogen-bond acceptors (Lipinski definition) is 3. The molecule has 1 aliphatic heterocycles. The second-order valence-electron chi connectivity index (χ2n) is 5.42. The third kappa shape index (κ3) is 3.84. The third-order valence-electron chi connectivity index (χ3n) is 4.01. The highest BCUT2D eigenvalue weighted by Crippen LogP contribution is 2.37. The number of benzene rings is 1. The van der Waals surface area contributed by atoms with E-state index in [0.717, 1.165) is 12.1 Å². The van der Waals surface area contributed by atoms with Crippen LogP contribution in [0.4, 0.5) is 13.2 Å². The van der Waals surface area contributed by atoms with Gasteiger partial charge in [0.05, 0.1) is 11.0 Å². The van der Waals surface area contributed by atoms with E-state index in [4.69, 9.17) is 11.6 Å². The Labute approximate surface area is 136 Å². The van der Waals surface area contributed by atoms with Gasteiger partial charge in [-0.3, -0.25) is 14.9 Å². The van der Waals surface area contributed by atoms with Gasteiger partial charge in [-0.1, -0.05) is 18.2 Å². The molecule has 1 aromatic rings. The van der Waals surface area contributed by atoms with Gasteiger partial charge >= 0.3 is 6.18 Å². The van der Waals surface area contributed by atoms with Crippen LogP contribution in [0.25, 0.3) is 0 Å². The molecule has 1 aliphatic rings. The first kappa shape index (κ1) is 17.7. The first-order chi connectivity index (χ1) is 10.8. The van der Waals surface area contributed by atoms with E-state index in [9.17, 15) is 22.8 Å². The standard InChI is InChI=1S/C15H16ClF3N2O2/c16-9-12(22)21-13(23)14(4-6-20-7-5-14)10-2-1-3-11(8-10)15(17,18)19/h1-3,8,20H,4-7,9H2,(H,21,22,23). The summed E-state index contributed by atoms with van der Waals surface area (Å²) in [6.45, 7) is 0.942. The number of alkyl halides is 4.